The third kappa shape index (κ3) is 6.76. The molecule has 0 aliphatic carbocycles. The van der Waals surface area contributed by atoms with Crippen molar-refractivity contribution in [3.05, 3.63) is 65.2 Å². The highest BCUT2D eigenvalue weighted by atomic mass is 19.3. The Bertz CT molecular complexity index is 1130. The predicted molar refractivity (Wildman–Crippen MR) is 146 cm³/mol. The first-order chi connectivity index (χ1) is 18.6. The number of piperidine rings is 2. The van der Waals surface area contributed by atoms with Crippen molar-refractivity contribution in [2.75, 3.05) is 52.3 Å². The van der Waals surface area contributed by atoms with Gasteiger partial charge in [-0.25, -0.2) is 0 Å². The summed E-state index contributed by atoms with van der Waals surface area (Å²) in [5, 5.41) is 0. The van der Waals surface area contributed by atoms with Crippen molar-refractivity contribution in [1.29, 1.82) is 0 Å². The molecule has 2 aliphatic rings. The number of aryl methyl sites for hydroxylation is 1. The van der Waals surface area contributed by atoms with Crippen LogP contribution in [0.25, 0.3) is 0 Å². The minimum absolute atomic E-state index is 0.00176. The number of anilines is 1. The number of rotatable bonds is 8. The molecule has 0 spiro atoms. The van der Waals surface area contributed by atoms with E-state index in [2.05, 4.69) is 15.7 Å². The first-order valence-electron chi connectivity index (χ1n) is 13.6. The Morgan fingerprint density at radius 3 is 2.08 bits per heavy atom. The van der Waals surface area contributed by atoms with Crippen LogP contribution in [0.3, 0.4) is 0 Å². The highest BCUT2D eigenvalue weighted by Crippen LogP contribution is 2.36. The monoisotopic (exact) mass is 543 g/mol. The Kier molecular flexibility index (Phi) is 9.23. The van der Waals surface area contributed by atoms with Gasteiger partial charge in [0.05, 0.1) is 12.2 Å². The van der Waals surface area contributed by atoms with E-state index in [0.717, 1.165) is 44.3 Å². The Morgan fingerprint density at radius 2 is 1.54 bits per heavy atom. The quantitative estimate of drug-likeness (QED) is 0.483. The number of benzene rings is 2. The van der Waals surface area contributed by atoms with Gasteiger partial charge < -0.3 is 24.2 Å². The predicted octanol–water partition coefficient (Wildman–Crippen LogP) is 4.70. The molecule has 2 fully saturated rings. The van der Waals surface area contributed by atoms with Gasteiger partial charge in [-0.3, -0.25) is 9.59 Å². The molecule has 9 heteroatoms. The van der Waals surface area contributed by atoms with Crippen molar-refractivity contribution in [2.45, 2.75) is 56.8 Å². The molecular formula is C30H39F2N3O4. The first kappa shape index (κ1) is 29.0. The molecule has 0 N–H and O–H groups in total. The number of amides is 2. The summed E-state index contributed by atoms with van der Waals surface area (Å²) in [6.45, 7) is 4.43. The number of hydrogen-bond donors (Lipinski definition) is 0. The van der Waals surface area contributed by atoms with E-state index in [4.69, 9.17) is 4.74 Å². The van der Waals surface area contributed by atoms with Crippen LogP contribution in [-0.4, -0.2) is 87.3 Å². The zero-order valence-electron chi connectivity index (χ0n) is 23.2. The number of methoxy groups -OCH3 is 1. The number of ether oxygens (including phenoxy) is 2. The van der Waals surface area contributed by atoms with Gasteiger partial charge >= 0.3 is 6.11 Å². The van der Waals surface area contributed by atoms with Crippen LogP contribution in [0, 0.1) is 6.92 Å². The van der Waals surface area contributed by atoms with Crippen molar-refractivity contribution in [3.8, 4) is 0 Å². The number of carbonyl (C=O) groups excluding carboxylic acids is 2. The molecule has 2 aliphatic heterocycles. The molecule has 2 amide bonds. The summed E-state index contributed by atoms with van der Waals surface area (Å²) in [6.07, 6.45) is -0.472. The van der Waals surface area contributed by atoms with Crippen LogP contribution in [0.4, 0.5) is 14.5 Å². The van der Waals surface area contributed by atoms with Crippen LogP contribution in [0.5, 0.6) is 0 Å². The number of carbonyl (C=O) groups is 2. The van der Waals surface area contributed by atoms with Gasteiger partial charge in [0, 0.05) is 58.6 Å². The van der Waals surface area contributed by atoms with Crippen LogP contribution >= 0.6 is 0 Å². The molecule has 7 nitrogen and oxygen atoms in total. The van der Waals surface area contributed by atoms with E-state index in [1.54, 1.807) is 37.2 Å². The standard InChI is InChI=1S/C30H39F2N3O4/c1-21-20-23(10-11-26(21)28(36)33(2)3)34-16-12-24(13-17-34)39-25-14-18-35(19-15-25)29(37)27(30(31,32)38-4)22-8-6-5-7-9-22/h5-11,20,24-25,27H,12-19H2,1-4H3. The second-order valence-corrected chi connectivity index (χ2v) is 10.7. The molecule has 39 heavy (non-hydrogen) atoms. The van der Waals surface area contributed by atoms with Crippen LogP contribution in [-0.2, 0) is 14.3 Å². The largest absolute Gasteiger partial charge is 0.375 e. The molecular weight excluding hydrogens is 504 g/mol. The third-order valence-electron chi connectivity index (χ3n) is 7.78. The summed E-state index contributed by atoms with van der Waals surface area (Å²) >= 11 is 0. The average Bonchev–Trinajstić information content (AvgIpc) is 2.94. The van der Waals surface area contributed by atoms with Gasteiger partial charge in [0.25, 0.3) is 5.91 Å². The van der Waals surface area contributed by atoms with E-state index in [1.165, 1.54) is 17.0 Å². The molecule has 1 unspecified atom stereocenters. The molecule has 212 valence electrons. The lowest BCUT2D eigenvalue weighted by Gasteiger charge is -2.39. The molecule has 4 rings (SSSR count). The lowest BCUT2D eigenvalue weighted by Crippen LogP contribution is -2.48. The van der Waals surface area contributed by atoms with Crippen LogP contribution in [0.1, 0.15) is 53.1 Å². The molecule has 2 aromatic rings. The van der Waals surface area contributed by atoms with E-state index < -0.39 is 17.9 Å². The average molecular weight is 544 g/mol. The van der Waals surface area contributed by atoms with E-state index in [-0.39, 0.29) is 23.7 Å². The van der Waals surface area contributed by atoms with Gasteiger partial charge in [-0.2, -0.15) is 8.78 Å². The maximum absolute atomic E-state index is 14.6. The van der Waals surface area contributed by atoms with Crippen molar-refractivity contribution in [1.82, 2.24) is 9.80 Å². The third-order valence-corrected chi connectivity index (χ3v) is 7.78. The van der Waals surface area contributed by atoms with Gasteiger partial charge in [0.1, 0.15) is 0 Å². The smallest absolute Gasteiger partial charge is 0.371 e. The van der Waals surface area contributed by atoms with Crippen LogP contribution in [0.2, 0.25) is 0 Å². The second-order valence-electron chi connectivity index (χ2n) is 10.7. The highest BCUT2D eigenvalue weighted by molar-refractivity contribution is 5.95. The lowest BCUT2D eigenvalue weighted by atomic mass is 9.94. The fourth-order valence-corrected chi connectivity index (χ4v) is 5.49. The topological polar surface area (TPSA) is 62.3 Å². The van der Waals surface area contributed by atoms with Gasteiger partial charge in [-0.1, -0.05) is 30.3 Å². The summed E-state index contributed by atoms with van der Waals surface area (Å²) in [4.78, 5) is 30.9. The van der Waals surface area contributed by atoms with E-state index >= 15 is 0 Å². The first-order valence-corrected chi connectivity index (χ1v) is 13.6. The Balaban J connectivity index is 1.28. The SMILES string of the molecule is COC(F)(F)C(C(=O)N1CCC(OC2CCN(c3ccc(C(=O)N(C)C)c(C)c3)CC2)CC1)c1ccccc1. The molecule has 0 saturated carbocycles. The van der Waals surface area contributed by atoms with Gasteiger partial charge in [-0.15, -0.1) is 0 Å². The molecule has 1 atom stereocenters. The Hall–Kier alpha value is -3.04. The molecule has 0 aromatic heterocycles. The minimum Gasteiger partial charge on any atom is -0.375 e. The van der Waals surface area contributed by atoms with Crippen molar-refractivity contribution in [2.24, 2.45) is 0 Å². The number of likely N-dealkylation sites (tertiary alicyclic amines) is 1. The summed E-state index contributed by atoms with van der Waals surface area (Å²) < 4.78 is 40.1. The number of nitrogens with zero attached hydrogens (tertiary/aromatic N) is 3. The lowest BCUT2D eigenvalue weighted by molar-refractivity contribution is -0.238. The highest BCUT2D eigenvalue weighted by Gasteiger charge is 2.48. The maximum Gasteiger partial charge on any atom is 0.371 e. The number of halogens is 2. The van der Waals surface area contributed by atoms with Crippen molar-refractivity contribution in [3.63, 3.8) is 0 Å². The molecule has 0 radical (unpaired) electrons. The van der Waals surface area contributed by atoms with Gasteiger partial charge in [0.2, 0.25) is 5.91 Å². The van der Waals surface area contributed by atoms with Crippen LogP contribution < -0.4 is 4.90 Å². The van der Waals surface area contributed by atoms with E-state index in [0.29, 0.717) is 31.5 Å². The Morgan fingerprint density at radius 1 is 0.949 bits per heavy atom. The fraction of sp³-hybridized carbons (Fsp3) is 0.533. The normalized spacial score (nSPS) is 18.2. The summed E-state index contributed by atoms with van der Waals surface area (Å²) in [5.41, 5.74) is 3.03. The molecule has 2 saturated heterocycles. The minimum atomic E-state index is -3.60. The number of hydrogen-bond acceptors (Lipinski definition) is 5. The van der Waals surface area contributed by atoms with E-state index in [1.807, 2.05) is 19.1 Å². The van der Waals surface area contributed by atoms with Gasteiger partial charge in [-0.05, 0) is 61.9 Å². The second kappa shape index (κ2) is 12.4. The fourth-order valence-electron chi connectivity index (χ4n) is 5.49. The molecule has 2 aromatic carbocycles. The zero-order chi connectivity index (χ0) is 28.2. The maximum atomic E-state index is 14.6. The summed E-state index contributed by atoms with van der Waals surface area (Å²) in [7, 11) is 4.43. The zero-order valence-corrected chi connectivity index (χ0v) is 23.2. The molecule has 2 heterocycles. The van der Waals surface area contributed by atoms with Crippen LogP contribution in [0.15, 0.2) is 48.5 Å². The summed E-state index contributed by atoms with van der Waals surface area (Å²) in [5.74, 6) is -2.29. The molecule has 0 bridgehead atoms. The Labute approximate surface area is 229 Å². The van der Waals surface area contributed by atoms with Gasteiger partial charge in [0.15, 0.2) is 5.92 Å². The number of alkyl halides is 2. The van der Waals surface area contributed by atoms with E-state index in [9.17, 15) is 18.4 Å². The van der Waals surface area contributed by atoms with Crippen molar-refractivity contribution >= 4 is 17.5 Å². The van der Waals surface area contributed by atoms with Crippen molar-refractivity contribution < 1.29 is 27.8 Å². The summed E-state index contributed by atoms with van der Waals surface area (Å²) in [6, 6.07) is 14.1.